The van der Waals surface area contributed by atoms with Crippen molar-refractivity contribution in [2.75, 3.05) is 58.3 Å². The number of piperazine rings is 1. The Hall–Kier alpha value is -3.54. The molecule has 0 spiro atoms. The number of anilines is 1. The third kappa shape index (κ3) is 6.50. The van der Waals surface area contributed by atoms with E-state index in [1.165, 1.54) is 0 Å². The molecule has 2 fully saturated rings. The zero-order chi connectivity index (χ0) is 32.7. The van der Waals surface area contributed by atoms with E-state index in [1.54, 1.807) is 17.2 Å². The summed E-state index contributed by atoms with van der Waals surface area (Å²) in [6.45, 7) is 10.9. The lowest BCUT2D eigenvalue weighted by Crippen LogP contribution is -2.50. The third-order valence-electron chi connectivity index (χ3n) is 8.59. The van der Waals surface area contributed by atoms with Gasteiger partial charge in [-0.05, 0) is 78.7 Å². The van der Waals surface area contributed by atoms with Crippen molar-refractivity contribution in [1.82, 2.24) is 29.5 Å². The van der Waals surface area contributed by atoms with Gasteiger partial charge in [0.15, 0.2) is 12.0 Å². The number of fused-ring (bicyclic) bond motifs is 2. The van der Waals surface area contributed by atoms with Crippen LogP contribution < -0.4 is 4.90 Å². The van der Waals surface area contributed by atoms with Crippen molar-refractivity contribution >= 4 is 45.3 Å². The molecule has 2 saturated heterocycles. The van der Waals surface area contributed by atoms with Crippen LogP contribution in [-0.4, -0.2) is 94.7 Å². The number of amides is 1. The maximum atomic E-state index is 17.0. The molecule has 2 aromatic heterocycles. The number of hydrogen-bond donors (Lipinski definition) is 0. The van der Waals surface area contributed by atoms with E-state index in [4.69, 9.17) is 31.0 Å². The number of rotatable bonds is 6. The molecule has 2 aromatic carbocycles. The maximum absolute atomic E-state index is 17.0. The predicted molar refractivity (Wildman–Crippen MR) is 179 cm³/mol. The van der Waals surface area contributed by atoms with E-state index in [0.717, 1.165) is 35.7 Å². The van der Waals surface area contributed by atoms with Crippen LogP contribution in [0.1, 0.15) is 57.6 Å². The minimum Gasteiger partial charge on any atom is -0.444 e. The van der Waals surface area contributed by atoms with Crippen LogP contribution in [0.15, 0.2) is 24.4 Å². The van der Waals surface area contributed by atoms with Crippen LogP contribution in [0.5, 0.6) is 0 Å². The number of halogens is 2. The fourth-order valence-corrected chi connectivity index (χ4v) is 6.55. The molecule has 6 rings (SSSR count). The first-order chi connectivity index (χ1) is 21.9. The molecule has 0 N–H and O–H groups in total. The van der Waals surface area contributed by atoms with Crippen LogP contribution in [-0.2, 0) is 15.9 Å². The van der Waals surface area contributed by atoms with Crippen molar-refractivity contribution in [3.8, 4) is 11.1 Å². The molecule has 46 heavy (non-hydrogen) atoms. The van der Waals surface area contributed by atoms with Crippen LogP contribution >= 0.6 is 11.6 Å². The van der Waals surface area contributed by atoms with Gasteiger partial charge in [-0.25, -0.2) is 23.8 Å². The monoisotopic (exact) mass is 651 g/mol. The summed E-state index contributed by atoms with van der Waals surface area (Å²) in [7, 11) is 3.97. The Balaban J connectivity index is 1.43. The van der Waals surface area contributed by atoms with Crippen molar-refractivity contribution in [2.45, 2.75) is 65.2 Å². The van der Waals surface area contributed by atoms with Gasteiger partial charge in [-0.2, -0.15) is 5.10 Å². The summed E-state index contributed by atoms with van der Waals surface area (Å²) in [4.78, 5) is 28.3. The SMILES string of the molecule is Cc1ccc2c(cnn2C2CCCCO2)c1-c1c(Cl)cc2c(N3CCN(C(=O)OC(C)(C)C)CC3)nc(CCN(C)C)nc2c1F. The quantitative estimate of drug-likeness (QED) is 0.230. The second-order valence-corrected chi connectivity index (χ2v) is 13.9. The number of carbonyl (C=O) groups excluding carboxylic acids is 1. The summed E-state index contributed by atoms with van der Waals surface area (Å²) in [5.41, 5.74) is 2.42. The summed E-state index contributed by atoms with van der Waals surface area (Å²) in [6.07, 6.45) is 4.84. The Labute approximate surface area is 274 Å². The van der Waals surface area contributed by atoms with Gasteiger partial charge in [0.05, 0.1) is 16.7 Å². The van der Waals surface area contributed by atoms with Gasteiger partial charge in [0, 0.05) is 67.7 Å². The fourth-order valence-electron chi connectivity index (χ4n) is 6.27. The van der Waals surface area contributed by atoms with Gasteiger partial charge >= 0.3 is 6.09 Å². The number of benzene rings is 2. The van der Waals surface area contributed by atoms with E-state index in [9.17, 15) is 4.79 Å². The minimum absolute atomic E-state index is 0.149. The molecule has 0 bridgehead atoms. The molecular formula is C34H43ClFN7O3. The van der Waals surface area contributed by atoms with Crippen molar-refractivity contribution < 1.29 is 18.7 Å². The second kappa shape index (κ2) is 12.9. The zero-order valence-electron chi connectivity index (χ0n) is 27.6. The van der Waals surface area contributed by atoms with Crippen LogP contribution in [0.3, 0.4) is 0 Å². The summed E-state index contributed by atoms with van der Waals surface area (Å²) in [5, 5.41) is 6.32. The first kappa shape index (κ1) is 32.4. The van der Waals surface area contributed by atoms with Gasteiger partial charge in [0.2, 0.25) is 0 Å². The Morgan fingerprint density at radius 2 is 1.87 bits per heavy atom. The number of aromatic nitrogens is 4. The highest BCUT2D eigenvalue weighted by Gasteiger charge is 2.30. The lowest BCUT2D eigenvalue weighted by molar-refractivity contribution is -0.0366. The number of carbonyl (C=O) groups is 1. The van der Waals surface area contributed by atoms with Gasteiger partial charge in [-0.15, -0.1) is 0 Å². The van der Waals surface area contributed by atoms with Crippen LogP contribution in [0, 0.1) is 12.7 Å². The first-order valence-corrected chi connectivity index (χ1v) is 16.4. The van der Waals surface area contributed by atoms with Gasteiger partial charge in [0.25, 0.3) is 0 Å². The Bertz CT molecular complexity index is 1760. The summed E-state index contributed by atoms with van der Waals surface area (Å²) < 4.78 is 30.5. The molecule has 12 heteroatoms. The molecule has 0 saturated carbocycles. The van der Waals surface area contributed by atoms with E-state index < -0.39 is 11.4 Å². The first-order valence-electron chi connectivity index (χ1n) is 16.1. The topological polar surface area (TPSA) is 88.8 Å². The van der Waals surface area contributed by atoms with Gasteiger partial charge < -0.3 is 24.2 Å². The number of hydrogen-bond acceptors (Lipinski definition) is 8. The molecule has 2 aliphatic rings. The van der Waals surface area contributed by atoms with Crippen LogP contribution in [0.2, 0.25) is 5.02 Å². The van der Waals surface area contributed by atoms with Gasteiger partial charge in [-0.3, -0.25) is 0 Å². The smallest absolute Gasteiger partial charge is 0.410 e. The molecule has 0 aliphatic carbocycles. The Morgan fingerprint density at radius 3 is 2.54 bits per heavy atom. The van der Waals surface area contributed by atoms with Crippen molar-refractivity contribution in [3.05, 3.63) is 46.6 Å². The molecular weight excluding hydrogens is 609 g/mol. The molecule has 4 heterocycles. The van der Waals surface area contributed by atoms with Crippen molar-refractivity contribution in [3.63, 3.8) is 0 Å². The lowest BCUT2D eigenvalue weighted by Gasteiger charge is -2.36. The highest BCUT2D eigenvalue weighted by atomic mass is 35.5. The summed E-state index contributed by atoms with van der Waals surface area (Å²) in [5.74, 6) is 0.684. The van der Waals surface area contributed by atoms with Gasteiger partial charge in [0.1, 0.15) is 22.8 Å². The third-order valence-corrected chi connectivity index (χ3v) is 8.89. The summed E-state index contributed by atoms with van der Waals surface area (Å²) >= 11 is 7.01. The highest BCUT2D eigenvalue weighted by molar-refractivity contribution is 6.35. The lowest BCUT2D eigenvalue weighted by atomic mass is 9.95. The van der Waals surface area contributed by atoms with E-state index in [0.29, 0.717) is 73.9 Å². The molecule has 0 radical (unpaired) electrons. The molecule has 10 nitrogen and oxygen atoms in total. The zero-order valence-corrected chi connectivity index (χ0v) is 28.3. The minimum atomic E-state index is -0.574. The van der Waals surface area contributed by atoms with Crippen LogP contribution in [0.4, 0.5) is 15.0 Å². The normalized spacial score (nSPS) is 17.8. The number of likely N-dealkylation sites (N-methyl/N-ethyl adjacent to an activating group) is 1. The molecule has 1 unspecified atom stereocenters. The molecule has 2 aliphatic heterocycles. The number of nitrogens with zero attached hydrogens (tertiary/aromatic N) is 7. The fraction of sp³-hybridized carbons (Fsp3) is 0.529. The molecule has 246 valence electrons. The predicted octanol–water partition coefficient (Wildman–Crippen LogP) is 6.61. The van der Waals surface area contributed by atoms with E-state index in [1.807, 2.05) is 63.5 Å². The van der Waals surface area contributed by atoms with E-state index in [2.05, 4.69) is 10.00 Å². The Kier molecular flexibility index (Phi) is 9.11. The molecule has 4 aromatic rings. The van der Waals surface area contributed by atoms with Crippen molar-refractivity contribution in [2.24, 2.45) is 0 Å². The van der Waals surface area contributed by atoms with Gasteiger partial charge in [-0.1, -0.05) is 17.7 Å². The molecule has 1 amide bonds. The largest absolute Gasteiger partial charge is 0.444 e. The van der Waals surface area contributed by atoms with Crippen LogP contribution in [0.25, 0.3) is 32.9 Å². The average Bonchev–Trinajstić information content (AvgIpc) is 3.45. The van der Waals surface area contributed by atoms with E-state index >= 15 is 4.39 Å². The molecule has 1 atom stereocenters. The standard InChI is InChI=1S/C34H43ClFN7O3/c1-21-10-11-25-23(20-37-43(25)27-9-7-8-18-45-27)28(21)29-24(35)19-22-31(30(29)36)38-26(12-13-40(5)6)39-32(22)41-14-16-42(17-15-41)33(44)46-34(2,3)4/h10-11,19-20,27H,7-9,12-18H2,1-6H3. The highest BCUT2D eigenvalue weighted by Crippen LogP contribution is 2.43. The number of ether oxygens (including phenoxy) is 2. The summed E-state index contributed by atoms with van der Waals surface area (Å²) in [6, 6.07) is 5.78. The number of aryl methyl sites for hydroxylation is 1. The maximum Gasteiger partial charge on any atom is 0.410 e. The van der Waals surface area contributed by atoms with E-state index in [-0.39, 0.29) is 22.9 Å². The average molecular weight is 652 g/mol. The Morgan fingerprint density at radius 1 is 1.11 bits per heavy atom. The van der Waals surface area contributed by atoms with Crippen molar-refractivity contribution in [1.29, 1.82) is 0 Å². The second-order valence-electron chi connectivity index (χ2n) is 13.5.